The highest BCUT2D eigenvalue weighted by molar-refractivity contribution is 5.71. The number of anilines is 1. The zero-order valence-electron chi connectivity index (χ0n) is 16.3. The maximum Gasteiger partial charge on any atom is 0.154 e. The van der Waals surface area contributed by atoms with Crippen molar-refractivity contribution in [1.29, 1.82) is 0 Å². The zero-order chi connectivity index (χ0) is 19.5. The average molecular weight is 373 g/mol. The van der Waals surface area contributed by atoms with Crippen molar-refractivity contribution in [1.82, 2.24) is 19.6 Å². The van der Waals surface area contributed by atoms with Crippen LogP contribution in [0.25, 0.3) is 16.9 Å². The zero-order valence-corrected chi connectivity index (χ0v) is 16.3. The molecule has 4 rings (SSSR count). The normalized spacial score (nSPS) is 11.1. The minimum absolute atomic E-state index is 0.425. The molecule has 0 saturated carbocycles. The smallest absolute Gasteiger partial charge is 0.154 e. The molecule has 0 unspecified atom stereocenters. The van der Waals surface area contributed by atoms with Gasteiger partial charge >= 0.3 is 0 Å². The Kier molecular flexibility index (Phi) is 4.93. The number of rotatable bonds is 6. The van der Waals surface area contributed by atoms with Crippen LogP contribution in [0.2, 0.25) is 0 Å². The number of imidazole rings is 1. The first kappa shape index (κ1) is 18.0. The Labute approximate surface area is 164 Å². The highest BCUT2D eigenvalue weighted by atomic mass is 16.5. The monoisotopic (exact) mass is 373 g/mol. The largest absolute Gasteiger partial charge is 0.496 e. The summed E-state index contributed by atoms with van der Waals surface area (Å²) in [6, 6.07) is 14.1. The van der Waals surface area contributed by atoms with Crippen molar-refractivity contribution in [2.24, 2.45) is 0 Å². The molecule has 6 nitrogen and oxygen atoms in total. The van der Waals surface area contributed by atoms with Gasteiger partial charge in [0.15, 0.2) is 5.65 Å². The molecule has 1 N–H and O–H groups in total. The van der Waals surface area contributed by atoms with Gasteiger partial charge in [0.1, 0.15) is 11.6 Å². The van der Waals surface area contributed by atoms with E-state index in [1.54, 1.807) is 19.5 Å². The van der Waals surface area contributed by atoms with Crippen LogP contribution in [0, 0.1) is 0 Å². The van der Waals surface area contributed by atoms with E-state index in [0.29, 0.717) is 12.5 Å². The van der Waals surface area contributed by atoms with Gasteiger partial charge in [-0.2, -0.15) is 0 Å². The summed E-state index contributed by atoms with van der Waals surface area (Å²) in [7, 11) is 1.69. The minimum atomic E-state index is 0.425. The van der Waals surface area contributed by atoms with E-state index in [-0.39, 0.29) is 0 Å². The second-order valence-corrected chi connectivity index (χ2v) is 6.96. The molecule has 0 amide bonds. The summed E-state index contributed by atoms with van der Waals surface area (Å²) in [6.45, 7) is 5.04. The van der Waals surface area contributed by atoms with E-state index >= 15 is 0 Å². The van der Waals surface area contributed by atoms with Crippen LogP contribution in [0.3, 0.4) is 0 Å². The van der Waals surface area contributed by atoms with E-state index in [2.05, 4.69) is 41.3 Å². The SMILES string of the molecule is COc1ccc(C(C)C)cc1-c1cnc2ccc(NCc3ccncc3)nn12. The summed E-state index contributed by atoms with van der Waals surface area (Å²) < 4.78 is 7.46. The molecule has 3 heterocycles. The Morgan fingerprint density at radius 3 is 2.64 bits per heavy atom. The minimum Gasteiger partial charge on any atom is -0.496 e. The first-order valence-corrected chi connectivity index (χ1v) is 9.31. The number of aromatic nitrogens is 4. The highest BCUT2D eigenvalue weighted by Crippen LogP contribution is 2.33. The molecule has 0 aliphatic heterocycles. The molecule has 28 heavy (non-hydrogen) atoms. The summed E-state index contributed by atoms with van der Waals surface area (Å²) in [5.74, 6) is 2.01. The van der Waals surface area contributed by atoms with Crippen LogP contribution < -0.4 is 10.1 Å². The van der Waals surface area contributed by atoms with Crippen LogP contribution in [0.5, 0.6) is 5.75 Å². The lowest BCUT2D eigenvalue weighted by molar-refractivity contribution is 0.416. The molecule has 0 atom stereocenters. The fourth-order valence-corrected chi connectivity index (χ4v) is 3.13. The Hall–Kier alpha value is -3.41. The molecule has 1 aromatic carbocycles. The molecular weight excluding hydrogens is 350 g/mol. The number of ether oxygens (including phenoxy) is 1. The molecule has 0 aliphatic rings. The number of hydrogen-bond acceptors (Lipinski definition) is 5. The van der Waals surface area contributed by atoms with E-state index in [4.69, 9.17) is 9.84 Å². The summed E-state index contributed by atoms with van der Waals surface area (Å²) in [5, 5.41) is 8.11. The van der Waals surface area contributed by atoms with Crippen LogP contribution in [-0.4, -0.2) is 26.7 Å². The summed E-state index contributed by atoms with van der Waals surface area (Å²) >= 11 is 0. The van der Waals surface area contributed by atoms with Crippen molar-refractivity contribution < 1.29 is 4.74 Å². The number of nitrogens with zero attached hydrogens (tertiary/aromatic N) is 4. The van der Waals surface area contributed by atoms with E-state index in [9.17, 15) is 0 Å². The number of benzene rings is 1. The second kappa shape index (κ2) is 7.68. The molecule has 142 valence electrons. The molecule has 0 saturated heterocycles. The molecule has 4 aromatic rings. The maximum absolute atomic E-state index is 5.60. The standard InChI is InChI=1S/C22H23N5O/c1-15(2)17-4-5-20(28-3)18(12-17)19-14-25-22-7-6-21(26-27(19)22)24-13-16-8-10-23-11-9-16/h4-12,14-15H,13H2,1-3H3,(H,24,26). The number of hydrogen-bond donors (Lipinski definition) is 1. The predicted octanol–water partition coefficient (Wildman–Crippen LogP) is 4.54. The van der Waals surface area contributed by atoms with Crippen LogP contribution in [0.1, 0.15) is 30.9 Å². The maximum atomic E-state index is 5.60. The third-order valence-electron chi connectivity index (χ3n) is 4.75. The van der Waals surface area contributed by atoms with Gasteiger partial charge in [0.05, 0.1) is 19.0 Å². The van der Waals surface area contributed by atoms with Crippen molar-refractivity contribution in [3.05, 3.63) is 72.2 Å². The van der Waals surface area contributed by atoms with Crippen LogP contribution >= 0.6 is 0 Å². The van der Waals surface area contributed by atoms with Crippen molar-refractivity contribution in [3.63, 3.8) is 0 Å². The van der Waals surface area contributed by atoms with E-state index in [1.165, 1.54) is 5.56 Å². The van der Waals surface area contributed by atoms with E-state index in [0.717, 1.165) is 34.0 Å². The lowest BCUT2D eigenvalue weighted by Crippen LogP contribution is -2.05. The van der Waals surface area contributed by atoms with Gasteiger partial charge < -0.3 is 10.1 Å². The number of methoxy groups -OCH3 is 1. The molecule has 0 spiro atoms. The Balaban J connectivity index is 1.71. The third kappa shape index (κ3) is 3.53. The highest BCUT2D eigenvalue weighted by Gasteiger charge is 2.14. The van der Waals surface area contributed by atoms with Crippen molar-refractivity contribution in [2.45, 2.75) is 26.3 Å². The van der Waals surface area contributed by atoms with Gasteiger partial charge in [-0.25, -0.2) is 9.50 Å². The first-order chi connectivity index (χ1) is 13.7. The van der Waals surface area contributed by atoms with Gasteiger partial charge in [-0.05, 0) is 53.4 Å². The number of nitrogens with one attached hydrogen (secondary N) is 1. The lowest BCUT2D eigenvalue weighted by atomic mass is 9.99. The van der Waals surface area contributed by atoms with Crippen molar-refractivity contribution in [2.75, 3.05) is 12.4 Å². The van der Waals surface area contributed by atoms with Gasteiger partial charge in [0, 0.05) is 24.5 Å². The molecule has 0 bridgehead atoms. The lowest BCUT2D eigenvalue weighted by Gasteiger charge is -2.13. The Morgan fingerprint density at radius 1 is 1.07 bits per heavy atom. The molecule has 6 heteroatoms. The van der Waals surface area contributed by atoms with Gasteiger partial charge in [-0.3, -0.25) is 4.98 Å². The molecule has 0 aliphatic carbocycles. The van der Waals surface area contributed by atoms with Gasteiger partial charge in [-0.15, -0.1) is 5.10 Å². The average Bonchev–Trinajstić information content (AvgIpc) is 3.15. The predicted molar refractivity (Wildman–Crippen MR) is 111 cm³/mol. The Morgan fingerprint density at radius 2 is 1.89 bits per heavy atom. The number of pyridine rings is 1. The van der Waals surface area contributed by atoms with Crippen molar-refractivity contribution >= 4 is 11.5 Å². The van der Waals surface area contributed by atoms with Crippen LogP contribution in [0.15, 0.2) is 61.1 Å². The molecular formula is C22H23N5O. The molecule has 0 radical (unpaired) electrons. The Bertz CT molecular complexity index is 1090. The van der Waals surface area contributed by atoms with Gasteiger partial charge in [0.25, 0.3) is 0 Å². The fraction of sp³-hybridized carbons (Fsp3) is 0.227. The topological polar surface area (TPSA) is 64.3 Å². The van der Waals surface area contributed by atoms with Crippen molar-refractivity contribution in [3.8, 4) is 17.0 Å². The van der Waals surface area contributed by atoms with Crippen LogP contribution in [0.4, 0.5) is 5.82 Å². The summed E-state index contributed by atoms with van der Waals surface area (Å²) in [4.78, 5) is 8.56. The second-order valence-electron chi connectivity index (χ2n) is 6.96. The van der Waals surface area contributed by atoms with Gasteiger partial charge in [-0.1, -0.05) is 19.9 Å². The fourth-order valence-electron chi connectivity index (χ4n) is 3.13. The van der Waals surface area contributed by atoms with Gasteiger partial charge in [0.2, 0.25) is 0 Å². The van der Waals surface area contributed by atoms with E-state index in [1.807, 2.05) is 41.0 Å². The third-order valence-corrected chi connectivity index (χ3v) is 4.75. The number of fused-ring (bicyclic) bond motifs is 1. The first-order valence-electron chi connectivity index (χ1n) is 9.31. The quantitative estimate of drug-likeness (QED) is 0.538. The molecule has 3 aromatic heterocycles. The van der Waals surface area contributed by atoms with Crippen LogP contribution in [-0.2, 0) is 6.54 Å². The summed E-state index contributed by atoms with van der Waals surface area (Å²) in [6.07, 6.45) is 5.42. The van der Waals surface area contributed by atoms with E-state index < -0.39 is 0 Å². The molecule has 0 fully saturated rings. The summed E-state index contributed by atoms with van der Waals surface area (Å²) in [5.41, 5.74) is 5.08.